The van der Waals surface area contributed by atoms with Gasteiger partial charge in [-0.25, -0.2) is 16.8 Å². The van der Waals surface area contributed by atoms with E-state index in [9.17, 15) is 16.8 Å². The first-order valence-corrected chi connectivity index (χ1v) is 11.9. The summed E-state index contributed by atoms with van der Waals surface area (Å²) in [6, 6.07) is 0. The summed E-state index contributed by atoms with van der Waals surface area (Å²) >= 11 is 0. The van der Waals surface area contributed by atoms with Crippen LogP contribution in [0.15, 0.2) is 0 Å². The van der Waals surface area contributed by atoms with Crippen molar-refractivity contribution in [1.29, 1.82) is 0 Å². The van der Waals surface area contributed by atoms with Crippen LogP contribution in [0, 0.1) is 0 Å². The van der Waals surface area contributed by atoms with E-state index in [-0.39, 0.29) is 12.4 Å². The largest absolute Gasteiger partial charge is 0.396 e. The van der Waals surface area contributed by atoms with Gasteiger partial charge < -0.3 is 10.2 Å². The van der Waals surface area contributed by atoms with Gasteiger partial charge in [-0.3, -0.25) is 0 Å². The van der Waals surface area contributed by atoms with Crippen molar-refractivity contribution in [2.45, 2.75) is 64.2 Å². The lowest BCUT2D eigenvalue weighted by atomic mass is 10.1. The molecule has 0 rings (SSSR count). The third-order valence-corrected chi connectivity index (χ3v) is 9.10. The maximum Gasteiger partial charge on any atom is 0.255 e. The van der Waals surface area contributed by atoms with Crippen molar-refractivity contribution in [3.05, 3.63) is 0 Å². The third-order valence-electron chi connectivity index (χ3n) is 3.53. The number of hydrogen-bond donors (Lipinski definition) is 2. The third kappa shape index (κ3) is 9.76. The molecule has 0 heterocycles. The Labute approximate surface area is 134 Å². The molecule has 8 heteroatoms. The second-order valence-electron chi connectivity index (χ2n) is 5.51. The van der Waals surface area contributed by atoms with Crippen LogP contribution in [0.1, 0.15) is 64.2 Å². The normalized spacial score (nSPS) is 12.6. The minimum absolute atomic E-state index is 0.261. The van der Waals surface area contributed by atoms with Gasteiger partial charge in [0.25, 0.3) is 17.7 Å². The van der Waals surface area contributed by atoms with E-state index in [0.717, 1.165) is 51.4 Å². The van der Waals surface area contributed by atoms with Crippen LogP contribution in [0.4, 0.5) is 0 Å². The molecule has 2 N–H and O–H groups in total. The lowest BCUT2D eigenvalue weighted by Gasteiger charge is -2.05. The fraction of sp³-hybridized carbons (Fsp3) is 1.00. The topological polar surface area (TPSA) is 109 Å². The maximum atomic E-state index is 11.6. The van der Waals surface area contributed by atoms with Gasteiger partial charge in [0.15, 0.2) is 0 Å². The van der Waals surface area contributed by atoms with Gasteiger partial charge in [-0.15, -0.1) is 0 Å². The van der Waals surface area contributed by atoms with Crippen LogP contribution in [0.3, 0.4) is 0 Å². The van der Waals surface area contributed by atoms with Crippen molar-refractivity contribution in [3.63, 3.8) is 0 Å². The van der Waals surface area contributed by atoms with Crippen molar-refractivity contribution in [3.8, 4) is 0 Å². The summed E-state index contributed by atoms with van der Waals surface area (Å²) in [5, 5.41) is 17.2. The van der Waals surface area contributed by atoms with Crippen LogP contribution < -0.4 is 0 Å². The van der Waals surface area contributed by atoms with E-state index in [1.807, 2.05) is 0 Å². The minimum Gasteiger partial charge on any atom is -0.396 e. The van der Waals surface area contributed by atoms with Crippen LogP contribution >= 0.6 is 0 Å². The van der Waals surface area contributed by atoms with Gasteiger partial charge in [-0.1, -0.05) is 51.4 Å². The Morgan fingerprint density at radius 3 is 1.23 bits per heavy atom. The Bertz CT molecular complexity index is 456. The van der Waals surface area contributed by atoms with Crippen molar-refractivity contribution in [1.82, 2.24) is 0 Å². The Kier molecular flexibility index (Phi) is 12.2. The molecule has 6 nitrogen and oxygen atoms in total. The molecule has 0 aromatic carbocycles. The fourth-order valence-electron chi connectivity index (χ4n) is 2.17. The summed E-state index contributed by atoms with van der Waals surface area (Å²) in [7, 11) is -8.36. The van der Waals surface area contributed by atoms with Gasteiger partial charge in [0.2, 0.25) is 0 Å². The van der Waals surface area contributed by atoms with Gasteiger partial charge >= 0.3 is 0 Å². The van der Waals surface area contributed by atoms with Crippen molar-refractivity contribution >= 4 is 17.7 Å². The Balaban J connectivity index is 3.61. The smallest absolute Gasteiger partial charge is 0.255 e. The average molecular weight is 359 g/mol. The second-order valence-corrected chi connectivity index (χ2v) is 11.6. The van der Waals surface area contributed by atoms with Crippen LogP contribution in [-0.4, -0.2) is 51.8 Å². The zero-order valence-electron chi connectivity index (χ0n) is 13.2. The van der Waals surface area contributed by atoms with Gasteiger partial charge in [-0.2, -0.15) is 0 Å². The standard InChI is InChI=1S/C14H30O6S2/c15-11-9-7-5-3-1-2-4-6-8-10-13-21(17,18)22(19,20)14-12-16/h15-16H,1-14H2. The van der Waals surface area contributed by atoms with Crippen LogP contribution in [0.25, 0.3) is 0 Å². The maximum absolute atomic E-state index is 11.6. The number of aliphatic hydroxyl groups excluding tert-OH is 2. The van der Waals surface area contributed by atoms with Crippen molar-refractivity contribution in [2.75, 3.05) is 24.7 Å². The van der Waals surface area contributed by atoms with Crippen molar-refractivity contribution in [2.24, 2.45) is 0 Å². The molecule has 22 heavy (non-hydrogen) atoms. The first-order chi connectivity index (χ1) is 10.4. The van der Waals surface area contributed by atoms with Gasteiger partial charge in [0.05, 0.1) is 18.1 Å². The first-order valence-electron chi connectivity index (χ1n) is 8.04. The van der Waals surface area contributed by atoms with E-state index >= 15 is 0 Å². The van der Waals surface area contributed by atoms with E-state index in [2.05, 4.69) is 0 Å². The SMILES string of the molecule is O=S(=O)(CCO)S(=O)(=O)CCCCCCCCCCCCO. The van der Waals surface area contributed by atoms with Gasteiger partial charge in [0.1, 0.15) is 0 Å². The fourth-order valence-corrected chi connectivity index (χ4v) is 5.56. The van der Waals surface area contributed by atoms with Crippen LogP contribution in [0.5, 0.6) is 0 Å². The quantitative estimate of drug-likeness (QED) is 0.340. The summed E-state index contributed by atoms with van der Waals surface area (Å²) in [6.45, 7) is -0.406. The molecule has 0 aromatic heterocycles. The predicted molar refractivity (Wildman–Crippen MR) is 87.9 cm³/mol. The molecule has 0 saturated carbocycles. The Hall–Kier alpha value is -0.180. The highest BCUT2D eigenvalue weighted by Crippen LogP contribution is 2.13. The highest BCUT2D eigenvalue weighted by molar-refractivity contribution is 8.67. The summed E-state index contributed by atoms with van der Waals surface area (Å²) in [6.07, 6.45) is 9.49. The van der Waals surface area contributed by atoms with Crippen molar-refractivity contribution < 1.29 is 27.0 Å². The minimum atomic E-state index is -4.22. The molecule has 0 aliphatic heterocycles. The highest BCUT2D eigenvalue weighted by Gasteiger charge is 2.28. The summed E-state index contributed by atoms with van der Waals surface area (Å²) < 4.78 is 46.0. The Morgan fingerprint density at radius 1 is 0.455 bits per heavy atom. The lowest BCUT2D eigenvalue weighted by molar-refractivity contribution is 0.282. The molecule has 0 aromatic rings. The molecule has 0 spiro atoms. The number of unbranched alkanes of at least 4 members (excludes halogenated alkanes) is 9. The molecular formula is C14H30O6S2. The molecule has 0 saturated heterocycles. The predicted octanol–water partition coefficient (Wildman–Crippen LogP) is 1.62. The molecule has 134 valence electrons. The molecule has 0 amide bonds. The highest BCUT2D eigenvalue weighted by atomic mass is 33.2. The molecular weight excluding hydrogens is 328 g/mol. The van der Waals surface area contributed by atoms with Crippen LogP contribution in [-0.2, 0) is 17.7 Å². The van der Waals surface area contributed by atoms with Crippen LogP contribution in [0.2, 0.25) is 0 Å². The van der Waals surface area contributed by atoms with Gasteiger partial charge in [0, 0.05) is 6.61 Å². The molecule has 0 aliphatic rings. The van der Waals surface area contributed by atoms with Gasteiger partial charge in [-0.05, 0) is 12.8 Å². The first kappa shape index (κ1) is 21.8. The zero-order chi connectivity index (χ0) is 16.9. The molecule has 0 bridgehead atoms. The van der Waals surface area contributed by atoms with E-state index in [0.29, 0.717) is 12.8 Å². The number of aliphatic hydroxyl groups is 2. The van der Waals surface area contributed by atoms with E-state index < -0.39 is 30.1 Å². The summed E-state index contributed by atoms with van der Waals surface area (Å²) in [5.41, 5.74) is 0. The summed E-state index contributed by atoms with van der Waals surface area (Å²) in [5.74, 6) is -1.07. The second kappa shape index (κ2) is 12.3. The Morgan fingerprint density at radius 2 is 0.818 bits per heavy atom. The monoisotopic (exact) mass is 358 g/mol. The molecule has 0 aliphatic carbocycles. The molecule has 0 unspecified atom stereocenters. The number of rotatable bonds is 15. The summed E-state index contributed by atoms with van der Waals surface area (Å²) in [4.78, 5) is 0. The van der Waals surface area contributed by atoms with E-state index in [1.54, 1.807) is 0 Å². The van der Waals surface area contributed by atoms with E-state index in [1.165, 1.54) is 0 Å². The zero-order valence-corrected chi connectivity index (χ0v) is 14.9. The lowest BCUT2D eigenvalue weighted by Crippen LogP contribution is -2.23. The van der Waals surface area contributed by atoms with E-state index in [4.69, 9.17) is 10.2 Å². The molecule has 0 fully saturated rings. The number of hydrogen-bond acceptors (Lipinski definition) is 6. The molecule has 0 radical (unpaired) electrons. The average Bonchev–Trinajstić information content (AvgIpc) is 2.44. The molecule has 0 atom stereocenters.